The highest BCUT2D eigenvalue weighted by molar-refractivity contribution is 5.71. The van der Waals surface area contributed by atoms with Gasteiger partial charge in [-0.05, 0) is 62.8 Å². The van der Waals surface area contributed by atoms with Crippen LogP contribution < -0.4 is 14.8 Å². The van der Waals surface area contributed by atoms with Gasteiger partial charge in [-0.3, -0.25) is 0 Å². The number of carbonyl (C=O) groups excluding carboxylic acids is 1. The lowest BCUT2D eigenvalue weighted by Gasteiger charge is -2.27. The lowest BCUT2D eigenvalue weighted by Crippen LogP contribution is -2.46. The third-order valence-corrected chi connectivity index (χ3v) is 6.02. The van der Waals surface area contributed by atoms with Crippen molar-refractivity contribution < 1.29 is 18.8 Å². The van der Waals surface area contributed by atoms with Gasteiger partial charge in [0, 0.05) is 18.6 Å². The molecule has 1 N–H and O–H groups in total. The average molecular weight is 412 g/mol. The van der Waals surface area contributed by atoms with E-state index in [0.717, 1.165) is 37.7 Å². The van der Waals surface area contributed by atoms with Crippen LogP contribution in [-0.2, 0) is 5.54 Å². The van der Waals surface area contributed by atoms with Crippen molar-refractivity contribution >= 4 is 6.09 Å². The number of aryl methyl sites for hydroxylation is 1. The van der Waals surface area contributed by atoms with Crippen LogP contribution in [0.4, 0.5) is 4.79 Å². The minimum absolute atomic E-state index is 0.237. The highest BCUT2D eigenvalue weighted by Crippen LogP contribution is 2.45. The van der Waals surface area contributed by atoms with Crippen LogP contribution in [0.5, 0.6) is 11.8 Å². The fourth-order valence-electron chi connectivity index (χ4n) is 3.76. The zero-order valence-electron chi connectivity index (χ0n) is 17.5. The SMILES string of the molecule is Cc1nc(C(C)(CC2CC2)NC(=O)Oc2ccc(C3CC3)c(OCC3CC3)n2)no1. The van der Waals surface area contributed by atoms with Crippen molar-refractivity contribution in [2.24, 2.45) is 11.8 Å². The Morgan fingerprint density at radius 2 is 1.93 bits per heavy atom. The molecule has 2 aromatic rings. The molecule has 1 unspecified atom stereocenters. The van der Waals surface area contributed by atoms with Crippen LogP contribution in [0.3, 0.4) is 0 Å². The number of amides is 1. The Hall–Kier alpha value is -2.64. The van der Waals surface area contributed by atoms with Gasteiger partial charge >= 0.3 is 6.09 Å². The Morgan fingerprint density at radius 1 is 1.17 bits per heavy atom. The van der Waals surface area contributed by atoms with Crippen molar-refractivity contribution in [2.75, 3.05) is 6.61 Å². The highest BCUT2D eigenvalue weighted by atomic mass is 16.6. The van der Waals surface area contributed by atoms with Crippen LogP contribution in [0.2, 0.25) is 0 Å². The summed E-state index contributed by atoms with van der Waals surface area (Å²) in [7, 11) is 0. The number of hydrogen-bond acceptors (Lipinski definition) is 7. The molecule has 0 saturated heterocycles. The average Bonchev–Trinajstić information content (AvgIpc) is 3.56. The number of nitrogens with zero attached hydrogens (tertiary/aromatic N) is 3. The van der Waals surface area contributed by atoms with E-state index in [1.165, 1.54) is 12.8 Å². The van der Waals surface area contributed by atoms with Gasteiger partial charge in [-0.1, -0.05) is 18.0 Å². The number of rotatable bonds is 9. The summed E-state index contributed by atoms with van der Waals surface area (Å²) in [5, 5.41) is 6.98. The largest absolute Gasteiger partial charge is 0.477 e. The number of carbonyl (C=O) groups is 1. The summed E-state index contributed by atoms with van der Waals surface area (Å²) in [6.45, 7) is 4.32. The second kappa shape index (κ2) is 7.56. The van der Waals surface area contributed by atoms with E-state index in [0.29, 0.717) is 42.0 Å². The predicted octanol–water partition coefficient (Wildman–Crippen LogP) is 4.24. The van der Waals surface area contributed by atoms with Crippen LogP contribution in [0.1, 0.15) is 75.1 Å². The van der Waals surface area contributed by atoms with E-state index >= 15 is 0 Å². The van der Waals surface area contributed by atoms with Crippen molar-refractivity contribution in [1.82, 2.24) is 20.4 Å². The van der Waals surface area contributed by atoms with Gasteiger partial charge in [-0.25, -0.2) is 4.79 Å². The molecular formula is C22H28N4O4. The van der Waals surface area contributed by atoms with Crippen molar-refractivity contribution in [3.05, 3.63) is 29.4 Å². The maximum absolute atomic E-state index is 12.7. The zero-order valence-corrected chi connectivity index (χ0v) is 17.5. The summed E-state index contributed by atoms with van der Waals surface area (Å²) < 4.78 is 16.6. The minimum Gasteiger partial charge on any atom is -0.477 e. The van der Waals surface area contributed by atoms with Crippen molar-refractivity contribution in [3.8, 4) is 11.8 Å². The van der Waals surface area contributed by atoms with E-state index < -0.39 is 11.6 Å². The van der Waals surface area contributed by atoms with Gasteiger partial charge < -0.3 is 19.3 Å². The molecule has 8 nitrogen and oxygen atoms in total. The van der Waals surface area contributed by atoms with E-state index in [1.807, 2.05) is 13.0 Å². The second-order valence-electron chi connectivity index (χ2n) is 9.20. The Morgan fingerprint density at radius 3 is 2.57 bits per heavy atom. The maximum Gasteiger partial charge on any atom is 0.414 e. The molecule has 2 heterocycles. The number of nitrogens with one attached hydrogen (secondary N) is 1. The van der Waals surface area contributed by atoms with Gasteiger partial charge in [-0.2, -0.15) is 9.97 Å². The molecule has 1 amide bonds. The summed E-state index contributed by atoms with van der Waals surface area (Å²) in [4.78, 5) is 21.6. The van der Waals surface area contributed by atoms with Crippen molar-refractivity contribution in [1.29, 1.82) is 0 Å². The molecular weight excluding hydrogens is 384 g/mol. The molecule has 3 saturated carbocycles. The van der Waals surface area contributed by atoms with Crippen molar-refractivity contribution in [2.45, 2.75) is 70.3 Å². The highest BCUT2D eigenvalue weighted by Gasteiger charge is 2.40. The normalized spacial score (nSPS) is 20.5. The number of ether oxygens (including phenoxy) is 2. The molecule has 5 rings (SSSR count). The summed E-state index contributed by atoms with van der Waals surface area (Å²) in [6.07, 6.45) is 7.20. The molecule has 0 radical (unpaired) electrons. The topological polar surface area (TPSA) is 99.4 Å². The first kappa shape index (κ1) is 19.3. The monoisotopic (exact) mass is 412 g/mol. The molecule has 0 aromatic carbocycles. The standard InChI is InChI=1S/C22H28N4O4/c1-13-23-20(26-30-13)22(2,11-14-3-4-14)25-21(27)29-18-10-9-17(16-7-8-16)19(24-18)28-12-15-5-6-15/h9-10,14-16H,3-8,11-12H2,1-2H3,(H,25,27). The molecule has 3 fully saturated rings. The summed E-state index contributed by atoms with van der Waals surface area (Å²) in [5.41, 5.74) is 0.360. The van der Waals surface area contributed by atoms with Crippen LogP contribution in [0, 0.1) is 18.8 Å². The Balaban J connectivity index is 1.29. The second-order valence-corrected chi connectivity index (χ2v) is 9.20. The van der Waals surface area contributed by atoms with Gasteiger partial charge in [0.15, 0.2) is 5.82 Å². The molecule has 160 valence electrons. The summed E-state index contributed by atoms with van der Waals surface area (Å²) >= 11 is 0. The Bertz CT molecular complexity index is 933. The lowest BCUT2D eigenvalue weighted by atomic mass is 9.94. The first-order chi connectivity index (χ1) is 14.5. The first-order valence-electron chi connectivity index (χ1n) is 10.9. The van der Waals surface area contributed by atoms with E-state index in [9.17, 15) is 4.79 Å². The van der Waals surface area contributed by atoms with Gasteiger partial charge in [0.1, 0.15) is 5.54 Å². The van der Waals surface area contributed by atoms with Gasteiger partial charge in [0.25, 0.3) is 0 Å². The zero-order chi connectivity index (χ0) is 20.7. The van der Waals surface area contributed by atoms with E-state index in [4.69, 9.17) is 14.0 Å². The molecule has 0 bridgehead atoms. The summed E-state index contributed by atoms with van der Waals surface area (Å²) in [6, 6.07) is 3.72. The molecule has 0 aliphatic heterocycles. The van der Waals surface area contributed by atoms with Crippen molar-refractivity contribution in [3.63, 3.8) is 0 Å². The predicted molar refractivity (Wildman–Crippen MR) is 107 cm³/mol. The van der Waals surface area contributed by atoms with Crippen LogP contribution in [0.15, 0.2) is 16.7 Å². The number of aromatic nitrogens is 3. The van der Waals surface area contributed by atoms with Gasteiger partial charge in [0.05, 0.1) is 6.61 Å². The van der Waals surface area contributed by atoms with Crippen LogP contribution in [0.25, 0.3) is 0 Å². The quantitative estimate of drug-likeness (QED) is 0.657. The third-order valence-electron chi connectivity index (χ3n) is 6.02. The van der Waals surface area contributed by atoms with E-state index in [-0.39, 0.29) is 5.88 Å². The van der Waals surface area contributed by atoms with Crippen LogP contribution in [-0.4, -0.2) is 27.8 Å². The van der Waals surface area contributed by atoms with E-state index in [2.05, 4.69) is 20.4 Å². The summed E-state index contributed by atoms with van der Waals surface area (Å²) in [5.74, 6) is 3.47. The smallest absolute Gasteiger partial charge is 0.414 e. The minimum atomic E-state index is -0.755. The number of pyridine rings is 1. The van der Waals surface area contributed by atoms with Gasteiger partial charge in [-0.15, -0.1) is 0 Å². The first-order valence-corrected chi connectivity index (χ1v) is 10.9. The van der Waals surface area contributed by atoms with Gasteiger partial charge in [0.2, 0.25) is 17.7 Å². The fraction of sp³-hybridized carbons (Fsp3) is 0.636. The van der Waals surface area contributed by atoms with Crippen LogP contribution >= 0.6 is 0 Å². The van der Waals surface area contributed by atoms with E-state index in [1.54, 1.807) is 13.0 Å². The number of hydrogen-bond donors (Lipinski definition) is 1. The molecule has 2 aromatic heterocycles. The fourth-order valence-corrected chi connectivity index (χ4v) is 3.76. The Labute approximate surface area is 175 Å². The maximum atomic E-state index is 12.7. The molecule has 1 atom stereocenters. The molecule has 30 heavy (non-hydrogen) atoms. The molecule has 8 heteroatoms. The Kier molecular flexibility index (Phi) is 4.87. The lowest BCUT2D eigenvalue weighted by molar-refractivity contribution is 0.176. The molecule has 3 aliphatic carbocycles. The molecule has 0 spiro atoms. The third kappa shape index (κ3) is 4.57. The molecule has 3 aliphatic rings.